The molecule has 0 bridgehead atoms. The van der Waals surface area contributed by atoms with E-state index in [4.69, 9.17) is 37.9 Å². The molecule has 0 saturated carbocycles. The van der Waals surface area contributed by atoms with E-state index in [1.54, 1.807) is 26.0 Å². The normalized spacial score (nSPS) is 10.2. The van der Waals surface area contributed by atoms with Crippen molar-refractivity contribution in [2.24, 2.45) is 0 Å². The van der Waals surface area contributed by atoms with Crippen LogP contribution in [0.25, 0.3) is 0 Å². The number of thioether (sulfide) groups is 1. The van der Waals surface area contributed by atoms with E-state index in [0.717, 1.165) is 23.1 Å². The van der Waals surface area contributed by atoms with E-state index in [1.165, 1.54) is 6.07 Å². The van der Waals surface area contributed by atoms with Crippen molar-refractivity contribution in [3.05, 3.63) is 38.7 Å². The fourth-order valence-corrected chi connectivity index (χ4v) is 4.32. The minimum Gasteiger partial charge on any atom is -0.482 e. The maximum absolute atomic E-state index is 12.2. The van der Waals surface area contributed by atoms with Crippen molar-refractivity contribution in [1.29, 1.82) is 5.26 Å². The van der Waals surface area contributed by atoms with E-state index >= 15 is 0 Å². The summed E-state index contributed by atoms with van der Waals surface area (Å²) < 4.78 is 10.4. The summed E-state index contributed by atoms with van der Waals surface area (Å²) >= 11 is 13.7. The predicted molar refractivity (Wildman–Crippen MR) is 107 cm³/mol. The average molecular weight is 445 g/mol. The van der Waals surface area contributed by atoms with Crippen LogP contribution >= 0.6 is 46.3 Å². The summed E-state index contributed by atoms with van der Waals surface area (Å²) in [6.07, 6.45) is 0. The third-order valence-electron chi connectivity index (χ3n) is 3.21. The third-order valence-corrected chi connectivity index (χ3v) is 5.86. The molecule has 0 aliphatic rings. The van der Waals surface area contributed by atoms with E-state index in [-0.39, 0.29) is 18.2 Å². The van der Waals surface area contributed by atoms with E-state index in [1.807, 2.05) is 5.40 Å². The van der Waals surface area contributed by atoms with Gasteiger partial charge in [0.25, 0.3) is 5.91 Å². The van der Waals surface area contributed by atoms with Crippen molar-refractivity contribution in [3.63, 3.8) is 0 Å². The Morgan fingerprint density at radius 2 is 2.11 bits per heavy atom. The summed E-state index contributed by atoms with van der Waals surface area (Å²) in [5.41, 5.74) is 0.585. The Labute approximate surface area is 174 Å². The number of nitriles is 1. The smallest absolute Gasteiger partial charge is 0.348 e. The molecule has 1 heterocycles. The zero-order valence-electron chi connectivity index (χ0n) is 14.3. The molecule has 0 radical (unpaired) electrons. The third kappa shape index (κ3) is 5.53. The Bertz CT molecular complexity index is 909. The number of nitrogens with one attached hydrogen (secondary N) is 1. The highest BCUT2D eigenvalue weighted by molar-refractivity contribution is 8.04. The van der Waals surface area contributed by atoms with Crippen molar-refractivity contribution in [2.45, 2.75) is 18.7 Å². The van der Waals surface area contributed by atoms with E-state index in [2.05, 4.69) is 5.32 Å². The molecule has 0 atom stereocenters. The number of esters is 1. The second-order valence-corrected chi connectivity index (χ2v) is 7.70. The lowest BCUT2D eigenvalue weighted by Gasteiger charge is -2.08. The van der Waals surface area contributed by atoms with Crippen LogP contribution in [0.4, 0.5) is 5.00 Å². The zero-order valence-corrected chi connectivity index (χ0v) is 17.4. The van der Waals surface area contributed by atoms with E-state index < -0.39 is 11.9 Å². The van der Waals surface area contributed by atoms with Gasteiger partial charge in [0, 0.05) is 5.02 Å². The molecule has 27 heavy (non-hydrogen) atoms. The molecule has 2 aromatic rings. The summed E-state index contributed by atoms with van der Waals surface area (Å²) in [5, 5.41) is 14.7. The minimum absolute atomic E-state index is 0.230. The summed E-state index contributed by atoms with van der Waals surface area (Å²) in [7, 11) is 0. The number of amides is 1. The van der Waals surface area contributed by atoms with Crippen LogP contribution in [0.5, 0.6) is 5.75 Å². The number of benzene rings is 1. The van der Waals surface area contributed by atoms with Gasteiger partial charge >= 0.3 is 5.97 Å². The lowest BCUT2D eigenvalue weighted by atomic mass is 10.3. The Balaban J connectivity index is 2.13. The molecule has 1 amide bonds. The van der Waals surface area contributed by atoms with Crippen LogP contribution in [0.15, 0.2) is 23.1 Å². The molecule has 0 unspecified atom stereocenters. The number of thiophene rings is 1. The minimum atomic E-state index is -0.496. The monoisotopic (exact) mass is 444 g/mol. The van der Waals surface area contributed by atoms with E-state index in [0.29, 0.717) is 31.1 Å². The van der Waals surface area contributed by atoms with Gasteiger partial charge in [-0.25, -0.2) is 4.79 Å². The van der Waals surface area contributed by atoms with Crippen LogP contribution in [0, 0.1) is 17.6 Å². The van der Waals surface area contributed by atoms with Crippen LogP contribution in [0.3, 0.4) is 0 Å². The Morgan fingerprint density at radius 1 is 1.37 bits per heavy atom. The first-order valence-electron chi connectivity index (χ1n) is 7.61. The number of anilines is 1. The molecule has 0 aliphatic heterocycles. The first kappa shape index (κ1) is 21.4. The van der Waals surface area contributed by atoms with Gasteiger partial charge in [0.2, 0.25) is 0 Å². The summed E-state index contributed by atoms with van der Waals surface area (Å²) in [4.78, 5) is 25.1. The maximum atomic E-state index is 12.2. The van der Waals surface area contributed by atoms with Crippen molar-refractivity contribution in [2.75, 3.05) is 18.5 Å². The van der Waals surface area contributed by atoms with Gasteiger partial charge in [0.05, 0.1) is 16.5 Å². The molecule has 10 heteroatoms. The van der Waals surface area contributed by atoms with Crippen molar-refractivity contribution >= 4 is 63.2 Å². The molecule has 0 saturated heterocycles. The summed E-state index contributed by atoms with van der Waals surface area (Å²) in [6, 6.07) is 4.66. The van der Waals surface area contributed by atoms with Gasteiger partial charge in [-0.05, 0) is 49.4 Å². The van der Waals surface area contributed by atoms with Crippen molar-refractivity contribution in [3.8, 4) is 11.2 Å². The number of carbonyl (C=O) groups excluding carboxylic acids is 2. The molecule has 1 N–H and O–H groups in total. The molecule has 6 nitrogen and oxygen atoms in total. The van der Waals surface area contributed by atoms with Crippen LogP contribution < -0.4 is 10.1 Å². The lowest BCUT2D eigenvalue weighted by Crippen LogP contribution is -2.20. The molecular weight excluding hydrogens is 431 g/mol. The Hall–Kier alpha value is -1.92. The maximum Gasteiger partial charge on any atom is 0.348 e. The van der Waals surface area contributed by atoms with Gasteiger partial charge in [0.15, 0.2) is 6.61 Å². The number of hydrogen-bond donors (Lipinski definition) is 1. The average Bonchev–Trinajstić information content (AvgIpc) is 2.91. The standard InChI is InChI=1S/C17H14Cl2N2O4S2/c1-3-24-17(23)15-9(2)14(26-8-20)16(27-15)21-13(22)7-25-12-5-4-10(18)6-11(12)19/h4-6H,3,7H2,1-2H3,(H,21,22). The number of carbonyl (C=O) groups is 2. The summed E-state index contributed by atoms with van der Waals surface area (Å²) in [6.45, 7) is 3.33. The van der Waals surface area contributed by atoms with Crippen LogP contribution in [0.1, 0.15) is 22.2 Å². The number of thiocyanates is 1. The van der Waals surface area contributed by atoms with Crippen LogP contribution in [-0.4, -0.2) is 25.1 Å². The van der Waals surface area contributed by atoms with Gasteiger partial charge in [-0.15, -0.1) is 11.3 Å². The van der Waals surface area contributed by atoms with Crippen LogP contribution in [0.2, 0.25) is 10.0 Å². The highest BCUT2D eigenvalue weighted by atomic mass is 35.5. The zero-order chi connectivity index (χ0) is 20.0. The first-order valence-corrected chi connectivity index (χ1v) is 10.00. The van der Waals surface area contributed by atoms with Gasteiger partial charge in [-0.3, -0.25) is 4.79 Å². The largest absolute Gasteiger partial charge is 0.482 e. The fraction of sp³-hybridized carbons (Fsp3) is 0.235. The molecule has 0 spiro atoms. The Kier molecular flexibility index (Phi) is 7.80. The fourth-order valence-electron chi connectivity index (χ4n) is 2.04. The second kappa shape index (κ2) is 9.85. The molecule has 1 aromatic heterocycles. The van der Waals surface area contributed by atoms with Crippen molar-refractivity contribution in [1.82, 2.24) is 0 Å². The van der Waals surface area contributed by atoms with Gasteiger partial charge in [0.1, 0.15) is 21.0 Å². The SMILES string of the molecule is CCOC(=O)c1sc(NC(=O)COc2ccc(Cl)cc2Cl)c(SC#N)c1C. The topological polar surface area (TPSA) is 88.4 Å². The molecule has 142 valence electrons. The van der Waals surface area contributed by atoms with Gasteiger partial charge in [-0.2, -0.15) is 5.26 Å². The van der Waals surface area contributed by atoms with E-state index in [9.17, 15) is 9.59 Å². The highest BCUT2D eigenvalue weighted by Crippen LogP contribution is 2.40. The number of ether oxygens (including phenoxy) is 2. The molecular formula is C17H14Cl2N2O4S2. The van der Waals surface area contributed by atoms with Crippen LogP contribution in [-0.2, 0) is 9.53 Å². The molecule has 1 aromatic carbocycles. The highest BCUT2D eigenvalue weighted by Gasteiger charge is 2.23. The molecule has 0 fully saturated rings. The Morgan fingerprint density at radius 3 is 2.74 bits per heavy atom. The number of rotatable bonds is 7. The second-order valence-electron chi connectivity index (χ2n) is 5.04. The van der Waals surface area contributed by atoms with Gasteiger partial charge in [-0.1, -0.05) is 23.2 Å². The first-order chi connectivity index (χ1) is 12.9. The van der Waals surface area contributed by atoms with Gasteiger partial charge < -0.3 is 14.8 Å². The molecule has 0 aliphatic carbocycles. The number of hydrogen-bond acceptors (Lipinski definition) is 7. The summed E-state index contributed by atoms with van der Waals surface area (Å²) in [5.74, 6) is -0.639. The number of halogens is 2. The molecule has 2 rings (SSSR count). The number of nitrogens with zero attached hydrogens (tertiary/aromatic N) is 1. The van der Waals surface area contributed by atoms with Crippen molar-refractivity contribution < 1.29 is 19.1 Å². The lowest BCUT2D eigenvalue weighted by molar-refractivity contribution is -0.118. The predicted octanol–water partition coefficient (Wildman–Crippen LogP) is 5.13. The quantitative estimate of drug-likeness (QED) is 0.361.